The van der Waals surface area contributed by atoms with Crippen molar-refractivity contribution in [2.24, 2.45) is 5.92 Å². The number of anilines is 1. The lowest BCUT2D eigenvalue weighted by Gasteiger charge is -2.40. The Labute approximate surface area is 200 Å². The molecule has 0 aliphatic carbocycles. The average molecular weight is 483 g/mol. The van der Waals surface area contributed by atoms with E-state index in [9.17, 15) is 9.59 Å². The molecule has 10 heteroatoms. The van der Waals surface area contributed by atoms with Crippen LogP contribution in [0, 0.1) is 5.92 Å². The Bertz CT molecular complexity index is 790. The minimum Gasteiger partial charge on any atom is -0.354 e. The molecule has 0 saturated carbocycles. The molecule has 1 unspecified atom stereocenters. The second-order valence-electron chi connectivity index (χ2n) is 9.00. The van der Waals surface area contributed by atoms with Gasteiger partial charge in [-0.05, 0) is 38.8 Å². The van der Waals surface area contributed by atoms with Gasteiger partial charge in [0, 0.05) is 51.3 Å². The summed E-state index contributed by atoms with van der Waals surface area (Å²) in [5.41, 5.74) is 0. The van der Waals surface area contributed by atoms with Gasteiger partial charge in [-0.2, -0.15) is 0 Å². The third-order valence-corrected chi connectivity index (χ3v) is 6.84. The number of halogens is 1. The van der Waals surface area contributed by atoms with Crippen molar-refractivity contribution in [2.45, 2.75) is 51.2 Å². The summed E-state index contributed by atoms with van der Waals surface area (Å²) in [5, 5.41) is 3.82. The van der Waals surface area contributed by atoms with Gasteiger partial charge in [-0.3, -0.25) is 9.59 Å². The zero-order chi connectivity index (χ0) is 23.1. The quantitative estimate of drug-likeness (QED) is 0.329. The second-order valence-corrected chi connectivity index (χ2v) is 10.3. The number of amides is 2. The highest BCUT2D eigenvalue weighted by Crippen LogP contribution is 2.24. The van der Waals surface area contributed by atoms with E-state index in [0.717, 1.165) is 25.5 Å². The highest BCUT2D eigenvalue weighted by atomic mass is 35.5. The SMILES string of the molecule is CC(C)CC(=O)N1CCN(c2cc(Cl)nc(SCC(=O)NCCN3CCCC3)n2)CC1C. The van der Waals surface area contributed by atoms with Crippen molar-refractivity contribution in [3.8, 4) is 0 Å². The number of thioether (sulfide) groups is 1. The van der Waals surface area contributed by atoms with Crippen molar-refractivity contribution in [2.75, 3.05) is 56.5 Å². The Morgan fingerprint density at radius 3 is 2.66 bits per heavy atom. The molecule has 1 aromatic heterocycles. The van der Waals surface area contributed by atoms with Gasteiger partial charge in [-0.25, -0.2) is 9.97 Å². The molecule has 8 nitrogen and oxygen atoms in total. The van der Waals surface area contributed by atoms with Crippen LogP contribution < -0.4 is 10.2 Å². The van der Waals surface area contributed by atoms with Crippen molar-refractivity contribution in [1.82, 2.24) is 25.1 Å². The maximum Gasteiger partial charge on any atom is 0.230 e. The minimum absolute atomic E-state index is 0.0229. The Kier molecular flexibility index (Phi) is 9.43. The van der Waals surface area contributed by atoms with Crippen LogP contribution in [0.1, 0.15) is 40.0 Å². The van der Waals surface area contributed by atoms with Crippen LogP contribution in [-0.4, -0.2) is 89.2 Å². The van der Waals surface area contributed by atoms with Crippen LogP contribution >= 0.6 is 23.4 Å². The molecule has 3 heterocycles. The summed E-state index contributed by atoms with van der Waals surface area (Å²) in [6.07, 6.45) is 3.07. The number of nitrogens with one attached hydrogen (secondary N) is 1. The molecule has 2 fully saturated rings. The smallest absolute Gasteiger partial charge is 0.230 e. The standard InChI is InChI=1S/C22H35ClN6O2S/c1-16(2)12-21(31)29-11-10-28(14-17(29)3)19-13-18(23)25-22(26-19)32-15-20(30)24-6-9-27-7-4-5-8-27/h13,16-17H,4-12,14-15H2,1-3H3,(H,24,30). The van der Waals surface area contributed by atoms with Gasteiger partial charge in [0.25, 0.3) is 0 Å². The van der Waals surface area contributed by atoms with Crippen molar-refractivity contribution in [1.29, 1.82) is 0 Å². The molecule has 3 rings (SSSR count). The van der Waals surface area contributed by atoms with E-state index in [2.05, 4.69) is 45.9 Å². The lowest BCUT2D eigenvalue weighted by molar-refractivity contribution is -0.134. The summed E-state index contributed by atoms with van der Waals surface area (Å²) < 4.78 is 0. The molecular weight excluding hydrogens is 448 g/mol. The first-order valence-corrected chi connectivity index (χ1v) is 12.9. The number of likely N-dealkylation sites (tertiary alicyclic amines) is 1. The van der Waals surface area contributed by atoms with Crippen LogP contribution in [0.25, 0.3) is 0 Å². The largest absolute Gasteiger partial charge is 0.354 e. The number of hydrogen-bond donors (Lipinski definition) is 1. The predicted molar refractivity (Wildman–Crippen MR) is 129 cm³/mol. The van der Waals surface area contributed by atoms with E-state index in [4.69, 9.17) is 11.6 Å². The van der Waals surface area contributed by atoms with Crippen molar-refractivity contribution in [3.63, 3.8) is 0 Å². The van der Waals surface area contributed by atoms with Gasteiger partial charge >= 0.3 is 0 Å². The molecule has 0 radical (unpaired) electrons. The summed E-state index contributed by atoms with van der Waals surface area (Å²) in [6, 6.07) is 1.85. The number of carbonyl (C=O) groups excluding carboxylic acids is 2. The monoisotopic (exact) mass is 482 g/mol. The van der Waals surface area contributed by atoms with Crippen LogP contribution in [0.5, 0.6) is 0 Å². The van der Waals surface area contributed by atoms with E-state index in [1.807, 2.05) is 4.90 Å². The van der Waals surface area contributed by atoms with Gasteiger partial charge in [-0.1, -0.05) is 37.2 Å². The Morgan fingerprint density at radius 1 is 1.22 bits per heavy atom. The molecule has 2 aliphatic heterocycles. The van der Waals surface area contributed by atoms with E-state index >= 15 is 0 Å². The van der Waals surface area contributed by atoms with E-state index in [1.54, 1.807) is 6.07 Å². The summed E-state index contributed by atoms with van der Waals surface area (Å²) in [7, 11) is 0. The topological polar surface area (TPSA) is 81.7 Å². The molecule has 1 aromatic rings. The predicted octanol–water partition coefficient (Wildman–Crippen LogP) is 2.52. The first-order chi connectivity index (χ1) is 15.3. The molecule has 2 aliphatic rings. The lowest BCUT2D eigenvalue weighted by Crippen LogP contribution is -2.54. The highest BCUT2D eigenvalue weighted by molar-refractivity contribution is 7.99. The molecule has 0 bridgehead atoms. The third-order valence-electron chi connectivity index (χ3n) is 5.80. The summed E-state index contributed by atoms with van der Waals surface area (Å²) >= 11 is 7.54. The number of rotatable bonds is 9. The van der Waals surface area contributed by atoms with Gasteiger partial charge in [0.2, 0.25) is 11.8 Å². The van der Waals surface area contributed by atoms with E-state index < -0.39 is 0 Å². The molecule has 2 amide bonds. The highest BCUT2D eigenvalue weighted by Gasteiger charge is 2.28. The second kappa shape index (κ2) is 12.0. The number of aromatic nitrogens is 2. The van der Waals surface area contributed by atoms with Crippen LogP contribution in [0.15, 0.2) is 11.2 Å². The van der Waals surface area contributed by atoms with E-state index in [0.29, 0.717) is 48.8 Å². The summed E-state index contributed by atoms with van der Waals surface area (Å²) in [4.78, 5) is 40.1. The first kappa shape index (κ1) is 25.1. The summed E-state index contributed by atoms with van der Waals surface area (Å²) in [5.74, 6) is 1.54. The average Bonchev–Trinajstić information content (AvgIpc) is 3.24. The number of nitrogens with zero attached hydrogens (tertiary/aromatic N) is 5. The number of carbonyl (C=O) groups is 2. The Morgan fingerprint density at radius 2 is 1.97 bits per heavy atom. The van der Waals surface area contributed by atoms with Crippen molar-refractivity contribution in [3.05, 3.63) is 11.2 Å². The first-order valence-electron chi connectivity index (χ1n) is 11.5. The normalized spacial score (nSPS) is 19.6. The fourth-order valence-electron chi connectivity index (χ4n) is 4.16. The van der Waals surface area contributed by atoms with Crippen LogP contribution in [-0.2, 0) is 9.59 Å². The molecule has 1 atom stereocenters. The minimum atomic E-state index is -0.0229. The molecule has 0 aromatic carbocycles. The zero-order valence-electron chi connectivity index (χ0n) is 19.3. The number of piperazine rings is 1. The summed E-state index contributed by atoms with van der Waals surface area (Å²) in [6.45, 7) is 12.1. The lowest BCUT2D eigenvalue weighted by atomic mass is 10.1. The van der Waals surface area contributed by atoms with E-state index in [-0.39, 0.29) is 23.6 Å². The fourth-order valence-corrected chi connectivity index (χ4v) is 5.07. The van der Waals surface area contributed by atoms with Crippen LogP contribution in [0.3, 0.4) is 0 Å². The maximum atomic E-state index is 12.5. The van der Waals surface area contributed by atoms with Crippen LogP contribution in [0.2, 0.25) is 5.15 Å². The Balaban J connectivity index is 1.49. The Hall–Kier alpha value is -1.58. The van der Waals surface area contributed by atoms with Crippen molar-refractivity contribution < 1.29 is 9.59 Å². The third kappa shape index (κ3) is 7.49. The molecule has 178 valence electrons. The van der Waals surface area contributed by atoms with E-state index in [1.165, 1.54) is 24.6 Å². The molecule has 0 spiro atoms. The number of hydrogen-bond acceptors (Lipinski definition) is 7. The van der Waals surface area contributed by atoms with Gasteiger partial charge < -0.3 is 20.0 Å². The van der Waals surface area contributed by atoms with Gasteiger partial charge in [0.15, 0.2) is 5.16 Å². The zero-order valence-corrected chi connectivity index (χ0v) is 20.9. The maximum absolute atomic E-state index is 12.5. The molecule has 2 saturated heterocycles. The van der Waals surface area contributed by atoms with Gasteiger partial charge in [0.1, 0.15) is 11.0 Å². The fraction of sp³-hybridized carbons (Fsp3) is 0.727. The van der Waals surface area contributed by atoms with Crippen LogP contribution in [0.4, 0.5) is 5.82 Å². The van der Waals surface area contributed by atoms with Gasteiger partial charge in [-0.15, -0.1) is 0 Å². The van der Waals surface area contributed by atoms with Crippen molar-refractivity contribution >= 4 is 41.0 Å². The molecule has 1 N–H and O–H groups in total. The molecular formula is C22H35ClN6O2S. The van der Waals surface area contributed by atoms with Gasteiger partial charge in [0.05, 0.1) is 5.75 Å². The molecule has 32 heavy (non-hydrogen) atoms.